The molecule has 0 aliphatic carbocycles. The summed E-state index contributed by atoms with van der Waals surface area (Å²) in [6.45, 7) is 1.76. The molecule has 0 spiro atoms. The summed E-state index contributed by atoms with van der Waals surface area (Å²) in [5.74, 6) is 3.33. The molecule has 1 fully saturated rings. The zero-order valence-corrected chi connectivity index (χ0v) is 19.7. The van der Waals surface area contributed by atoms with E-state index in [0.29, 0.717) is 49.3 Å². The molecule has 178 valence electrons. The third-order valence-corrected chi connectivity index (χ3v) is 7.49. The molecule has 2 aromatic carbocycles. The summed E-state index contributed by atoms with van der Waals surface area (Å²) in [5.41, 5.74) is 0. The third-order valence-electron chi connectivity index (χ3n) is 5.58. The highest BCUT2D eigenvalue weighted by molar-refractivity contribution is 7.89. The van der Waals surface area contributed by atoms with Gasteiger partial charge in [0.2, 0.25) is 10.0 Å². The summed E-state index contributed by atoms with van der Waals surface area (Å²) >= 11 is 0. The van der Waals surface area contributed by atoms with Crippen molar-refractivity contribution in [1.29, 1.82) is 0 Å². The van der Waals surface area contributed by atoms with Crippen molar-refractivity contribution >= 4 is 27.5 Å². The van der Waals surface area contributed by atoms with Crippen molar-refractivity contribution in [2.24, 2.45) is 0 Å². The highest BCUT2D eigenvalue weighted by Crippen LogP contribution is 2.25. The monoisotopic (exact) mass is 488 g/mol. The number of anilines is 3. The van der Waals surface area contributed by atoms with Crippen molar-refractivity contribution in [3.05, 3.63) is 91.4 Å². The summed E-state index contributed by atoms with van der Waals surface area (Å²) < 4.78 is 33.6. The number of hydrogen-bond acceptors (Lipinski definition) is 8. The predicted molar refractivity (Wildman–Crippen MR) is 133 cm³/mol. The molecule has 1 saturated heterocycles. The number of sulfonamides is 1. The van der Waals surface area contributed by atoms with E-state index < -0.39 is 10.0 Å². The van der Waals surface area contributed by atoms with E-state index in [0.717, 1.165) is 5.82 Å². The van der Waals surface area contributed by atoms with Crippen LogP contribution in [0.5, 0.6) is 11.5 Å². The lowest BCUT2D eigenvalue weighted by molar-refractivity contribution is 0.383. The van der Waals surface area contributed by atoms with Crippen molar-refractivity contribution in [2.75, 3.05) is 36.4 Å². The van der Waals surface area contributed by atoms with E-state index in [2.05, 4.69) is 20.3 Å². The first kappa shape index (κ1) is 22.8. The van der Waals surface area contributed by atoms with Gasteiger partial charge in [0.25, 0.3) is 0 Å². The van der Waals surface area contributed by atoms with Crippen LogP contribution in [-0.2, 0) is 10.0 Å². The quantitative estimate of drug-likeness (QED) is 0.418. The van der Waals surface area contributed by atoms with Crippen LogP contribution in [0.15, 0.2) is 96.3 Å². The van der Waals surface area contributed by atoms with Crippen LogP contribution in [0.25, 0.3) is 0 Å². The van der Waals surface area contributed by atoms with E-state index in [4.69, 9.17) is 4.74 Å². The minimum atomic E-state index is -3.61. The highest BCUT2D eigenvalue weighted by atomic mass is 32.2. The Labute approximate surface area is 204 Å². The van der Waals surface area contributed by atoms with Gasteiger partial charge in [-0.3, -0.25) is 0 Å². The molecule has 1 aliphatic rings. The lowest BCUT2D eigenvalue weighted by atomic mass is 10.3. The van der Waals surface area contributed by atoms with E-state index >= 15 is 0 Å². The number of benzene rings is 2. The summed E-state index contributed by atoms with van der Waals surface area (Å²) in [6, 6.07) is 23.3. The minimum absolute atomic E-state index is 0.246. The van der Waals surface area contributed by atoms with Crippen molar-refractivity contribution < 1.29 is 13.2 Å². The van der Waals surface area contributed by atoms with Crippen LogP contribution in [0.4, 0.5) is 17.5 Å². The lowest BCUT2D eigenvalue weighted by Crippen LogP contribution is -2.48. The first-order chi connectivity index (χ1) is 17.1. The van der Waals surface area contributed by atoms with Crippen LogP contribution >= 0.6 is 0 Å². The molecule has 35 heavy (non-hydrogen) atoms. The van der Waals surface area contributed by atoms with Crippen LogP contribution in [0.1, 0.15) is 0 Å². The van der Waals surface area contributed by atoms with Crippen LogP contribution in [-0.4, -0.2) is 53.9 Å². The number of hydrogen-bond donors (Lipinski definition) is 1. The number of nitrogens with zero attached hydrogens (tertiary/aromatic N) is 5. The average molecular weight is 489 g/mol. The summed E-state index contributed by atoms with van der Waals surface area (Å²) in [4.78, 5) is 15.2. The van der Waals surface area contributed by atoms with Gasteiger partial charge in [-0.15, -0.1) is 0 Å². The van der Waals surface area contributed by atoms with E-state index in [1.807, 2.05) is 59.5 Å². The standard InChI is InChI=1S/C25H24N6O3S/c32-35(33,22-11-9-21(10-12-22)34-20-6-2-1-3-7-20)31-16-14-30(15-17-31)25-18-24(27-19-28-25)29-23-8-4-5-13-26-23/h1-13,18-19H,14-17H2,(H,26,27,28,29). The molecule has 0 unspecified atom stereocenters. The molecule has 0 bridgehead atoms. The molecule has 0 radical (unpaired) electrons. The lowest BCUT2D eigenvalue weighted by Gasteiger charge is -2.34. The van der Waals surface area contributed by atoms with Crippen molar-refractivity contribution in [3.8, 4) is 11.5 Å². The largest absolute Gasteiger partial charge is 0.457 e. The maximum absolute atomic E-state index is 13.2. The summed E-state index contributed by atoms with van der Waals surface area (Å²) in [7, 11) is -3.61. The molecular weight excluding hydrogens is 464 g/mol. The Kier molecular flexibility index (Phi) is 6.55. The molecule has 1 aliphatic heterocycles. The van der Waals surface area contributed by atoms with Gasteiger partial charge < -0.3 is 15.0 Å². The Hall–Kier alpha value is -4.02. The number of nitrogens with one attached hydrogen (secondary N) is 1. The first-order valence-electron chi connectivity index (χ1n) is 11.2. The summed E-state index contributed by atoms with van der Waals surface area (Å²) in [5, 5.41) is 3.15. The van der Waals surface area contributed by atoms with E-state index in [1.165, 1.54) is 10.6 Å². The van der Waals surface area contributed by atoms with Gasteiger partial charge in [-0.25, -0.2) is 23.4 Å². The van der Waals surface area contributed by atoms with E-state index in [1.54, 1.807) is 30.5 Å². The zero-order valence-electron chi connectivity index (χ0n) is 18.9. The Balaban J connectivity index is 1.21. The molecular formula is C25H24N6O3S. The maximum Gasteiger partial charge on any atom is 0.243 e. The van der Waals surface area contributed by atoms with Crippen LogP contribution in [0.3, 0.4) is 0 Å². The normalized spacial score (nSPS) is 14.5. The number of rotatable bonds is 7. The number of ether oxygens (including phenoxy) is 1. The maximum atomic E-state index is 13.2. The number of aromatic nitrogens is 3. The molecule has 0 amide bonds. The molecule has 0 saturated carbocycles. The van der Waals surface area contributed by atoms with E-state index in [-0.39, 0.29) is 4.90 Å². The second kappa shape index (κ2) is 10.1. The molecule has 9 nitrogen and oxygen atoms in total. The van der Waals surface area contributed by atoms with Gasteiger partial charge in [-0.05, 0) is 48.5 Å². The average Bonchev–Trinajstić information content (AvgIpc) is 2.90. The van der Waals surface area contributed by atoms with Gasteiger partial charge >= 0.3 is 0 Å². The van der Waals surface area contributed by atoms with Crippen LogP contribution < -0.4 is 15.0 Å². The minimum Gasteiger partial charge on any atom is -0.457 e. The fraction of sp³-hybridized carbons (Fsp3) is 0.160. The Bertz CT molecular complexity index is 1360. The molecule has 5 rings (SSSR count). The molecule has 0 atom stereocenters. The Morgan fingerprint density at radius 1 is 0.743 bits per heavy atom. The molecule has 3 heterocycles. The first-order valence-corrected chi connectivity index (χ1v) is 12.6. The second-order valence-electron chi connectivity index (χ2n) is 7.88. The fourth-order valence-electron chi connectivity index (χ4n) is 3.77. The molecule has 10 heteroatoms. The van der Waals surface area contributed by atoms with Crippen molar-refractivity contribution in [1.82, 2.24) is 19.3 Å². The second-order valence-corrected chi connectivity index (χ2v) is 9.82. The van der Waals surface area contributed by atoms with Crippen LogP contribution in [0.2, 0.25) is 0 Å². The SMILES string of the molecule is O=S(=O)(c1ccc(Oc2ccccc2)cc1)N1CCN(c2cc(Nc3ccccn3)ncn2)CC1. The number of pyridine rings is 1. The highest BCUT2D eigenvalue weighted by Gasteiger charge is 2.29. The number of para-hydroxylation sites is 1. The topological polar surface area (TPSA) is 101 Å². The fourth-order valence-corrected chi connectivity index (χ4v) is 5.19. The van der Waals surface area contributed by atoms with Gasteiger partial charge in [0.1, 0.15) is 35.3 Å². The van der Waals surface area contributed by atoms with Crippen molar-refractivity contribution in [3.63, 3.8) is 0 Å². The van der Waals surface area contributed by atoms with Gasteiger partial charge in [0.15, 0.2) is 0 Å². The van der Waals surface area contributed by atoms with E-state index in [9.17, 15) is 8.42 Å². The van der Waals surface area contributed by atoms with Crippen molar-refractivity contribution in [2.45, 2.75) is 4.90 Å². The van der Waals surface area contributed by atoms with Crippen LogP contribution in [0, 0.1) is 0 Å². The van der Waals surface area contributed by atoms with Gasteiger partial charge in [0, 0.05) is 38.4 Å². The molecule has 4 aromatic rings. The smallest absolute Gasteiger partial charge is 0.243 e. The summed E-state index contributed by atoms with van der Waals surface area (Å²) in [6.07, 6.45) is 3.19. The van der Waals surface area contributed by atoms with Gasteiger partial charge in [-0.1, -0.05) is 24.3 Å². The van der Waals surface area contributed by atoms with Gasteiger partial charge in [-0.2, -0.15) is 4.31 Å². The molecule has 2 aromatic heterocycles. The number of piperazine rings is 1. The predicted octanol–water partition coefficient (Wildman–Crippen LogP) is 3.92. The Morgan fingerprint density at radius 3 is 2.17 bits per heavy atom. The third kappa shape index (κ3) is 5.39. The molecule has 1 N–H and O–H groups in total. The zero-order chi connectivity index (χ0) is 24.1. The van der Waals surface area contributed by atoms with Gasteiger partial charge in [0.05, 0.1) is 4.90 Å². The Morgan fingerprint density at radius 2 is 1.46 bits per heavy atom.